The normalized spacial score (nSPS) is 22.8. The Bertz CT molecular complexity index is 321. The molecule has 0 aromatic carbocycles. The van der Waals surface area contributed by atoms with E-state index in [1.54, 1.807) is 0 Å². The van der Waals surface area contributed by atoms with Crippen molar-refractivity contribution in [3.63, 3.8) is 0 Å². The molecule has 1 aromatic heterocycles. The van der Waals surface area contributed by atoms with Crippen molar-refractivity contribution in [3.05, 3.63) is 16.9 Å². The summed E-state index contributed by atoms with van der Waals surface area (Å²) in [6, 6.07) is 0.565. The highest BCUT2D eigenvalue weighted by Crippen LogP contribution is 2.22. The van der Waals surface area contributed by atoms with E-state index >= 15 is 0 Å². The highest BCUT2D eigenvalue weighted by Gasteiger charge is 2.24. The zero-order valence-electron chi connectivity index (χ0n) is 9.36. The molecule has 0 aliphatic carbocycles. The van der Waals surface area contributed by atoms with Gasteiger partial charge in [-0.2, -0.15) is 5.10 Å². The molecule has 1 aliphatic heterocycles. The minimum Gasteiger partial charge on any atom is -0.301 e. The summed E-state index contributed by atoms with van der Waals surface area (Å²) in [6.07, 6.45) is 5.16. The first-order valence-electron chi connectivity index (χ1n) is 5.57. The molecular weight excluding hydrogens is 254 g/mol. The van der Waals surface area contributed by atoms with Crippen molar-refractivity contribution in [2.24, 2.45) is 5.92 Å². The quantitative estimate of drug-likeness (QED) is 0.843. The van der Waals surface area contributed by atoms with Gasteiger partial charge in [-0.3, -0.25) is 4.68 Å². The Balaban J connectivity index is 1.92. The fraction of sp³-hybridized carbons (Fsp3) is 0.727. The second-order valence-electron chi connectivity index (χ2n) is 4.73. The molecule has 0 bridgehead atoms. The van der Waals surface area contributed by atoms with Crippen LogP contribution in [0.5, 0.6) is 0 Å². The number of aromatic nitrogens is 2. The van der Waals surface area contributed by atoms with E-state index in [4.69, 9.17) is 0 Å². The van der Waals surface area contributed by atoms with Gasteiger partial charge in [0, 0.05) is 25.8 Å². The predicted octanol–water partition coefficient (Wildman–Crippen LogP) is 2.55. The van der Waals surface area contributed by atoms with Gasteiger partial charge in [-0.1, -0.05) is 13.8 Å². The van der Waals surface area contributed by atoms with Crippen molar-refractivity contribution < 1.29 is 0 Å². The van der Waals surface area contributed by atoms with Crippen molar-refractivity contribution in [2.75, 3.05) is 19.6 Å². The molecule has 1 aliphatic rings. The summed E-state index contributed by atoms with van der Waals surface area (Å²) >= 11 is 3.44. The van der Waals surface area contributed by atoms with E-state index in [1.807, 2.05) is 6.20 Å². The molecular formula is C11H18BrN3. The summed E-state index contributed by atoms with van der Waals surface area (Å²) in [5.41, 5.74) is 0. The van der Waals surface area contributed by atoms with Gasteiger partial charge in [0.05, 0.1) is 16.7 Å². The van der Waals surface area contributed by atoms with Crippen molar-refractivity contribution in [2.45, 2.75) is 26.3 Å². The number of hydrogen-bond donors (Lipinski definition) is 0. The topological polar surface area (TPSA) is 21.1 Å². The summed E-state index contributed by atoms with van der Waals surface area (Å²) in [5, 5.41) is 4.35. The Kier molecular flexibility index (Phi) is 3.46. The molecule has 0 spiro atoms. The van der Waals surface area contributed by atoms with Crippen LogP contribution in [0.15, 0.2) is 16.9 Å². The molecule has 1 aromatic rings. The summed E-state index contributed by atoms with van der Waals surface area (Å²) in [4.78, 5) is 2.53. The van der Waals surface area contributed by atoms with Crippen molar-refractivity contribution >= 4 is 15.9 Å². The molecule has 1 atom stereocenters. The van der Waals surface area contributed by atoms with E-state index < -0.39 is 0 Å². The number of likely N-dealkylation sites (tertiary alicyclic amines) is 1. The minimum atomic E-state index is 0.565. The van der Waals surface area contributed by atoms with Gasteiger partial charge in [0.15, 0.2) is 0 Å². The van der Waals surface area contributed by atoms with Gasteiger partial charge in [0.1, 0.15) is 0 Å². The van der Waals surface area contributed by atoms with E-state index in [9.17, 15) is 0 Å². The smallest absolute Gasteiger partial charge is 0.0658 e. The Morgan fingerprint density at radius 1 is 1.60 bits per heavy atom. The van der Waals surface area contributed by atoms with E-state index in [0.29, 0.717) is 6.04 Å². The summed E-state index contributed by atoms with van der Waals surface area (Å²) in [6.45, 7) is 8.11. The van der Waals surface area contributed by atoms with Crippen LogP contribution in [0.1, 0.15) is 26.3 Å². The van der Waals surface area contributed by atoms with Gasteiger partial charge in [-0.25, -0.2) is 0 Å². The largest absolute Gasteiger partial charge is 0.301 e. The van der Waals surface area contributed by atoms with Gasteiger partial charge in [0.25, 0.3) is 0 Å². The molecule has 3 nitrogen and oxygen atoms in total. The van der Waals surface area contributed by atoms with Crippen molar-refractivity contribution in [1.82, 2.24) is 14.7 Å². The van der Waals surface area contributed by atoms with Gasteiger partial charge >= 0.3 is 0 Å². The molecule has 1 saturated heterocycles. The van der Waals surface area contributed by atoms with Crippen LogP contribution in [0.2, 0.25) is 0 Å². The van der Waals surface area contributed by atoms with Gasteiger partial charge in [-0.15, -0.1) is 0 Å². The number of hydrogen-bond acceptors (Lipinski definition) is 2. The van der Waals surface area contributed by atoms with Crippen LogP contribution >= 0.6 is 15.9 Å². The molecule has 15 heavy (non-hydrogen) atoms. The molecule has 2 rings (SSSR count). The van der Waals surface area contributed by atoms with E-state index in [0.717, 1.165) is 16.9 Å². The van der Waals surface area contributed by atoms with Crippen LogP contribution in [0, 0.1) is 5.92 Å². The van der Waals surface area contributed by atoms with Gasteiger partial charge in [-0.05, 0) is 28.3 Å². The van der Waals surface area contributed by atoms with Crippen LogP contribution in [-0.2, 0) is 0 Å². The van der Waals surface area contributed by atoms with Crippen LogP contribution in [0.3, 0.4) is 0 Å². The standard InChI is InChI=1S/C11H18BrN3/c1-9(2)6-14-4-3-11(8-14)15-7-10(12)5-13-15/h5,7,9,11H,3-4,6,8H2,1-2H3. The lowest BCUT2D eigenvalue weighted by atomic mass is 10.2. The first kappa shape index (κ1) is 11.1. The number of halogens is 1. The van der Waals surface area contributed by atoms with Crippen molar-refractivity contribution in [3.8, 4) is 0 Å². The van der Waals surface area contributed by atoms with Crippen LogP contribution in [0.25, 0.3) is 0 Å². The third-order valence-electron chi connectivity index (χ3n) is 2.81. The summed E-state index contributed by atoms with van der Waals surface area (Å²) < 4.78 is 3.16. The number of rotatable bonds is 3. The Morgan fingerprint density at radius 3 is 3.00 bits per heavy atom. The third kappa shape index (κ3) is 2.82. The first-order chi connectivity index (χ1) is 7.15. The minimum absolute atomic E-state index is 0.565. The van der Waals surface area contributed by atoms with Crippen LogP contribution < -0.4 is 0 Å². The van der Waals surface area contributed by atoms with Crippen LogP contribution in [0.4, 0.5) is 0 Å². The fourth-order valence-corrected chi connectivity index (χ4v) is 2.53. The summed E-state index contributed by atoms with van der Waals surface area (Å²) in [5.74, 6) is 0.758. The molecule has 84 valence electrons. The second kappa shape index (κ2) is 4.66. The maximum absolute atomic E-state index is 4.35. The van der Waals surface area contributed by atoms with E-state index in [-0.39, 0.29) is 0 Å². The highest BCUT2D eigenvalue weighted by atomic mass is 79.9. The lowest BCUT2D eigenvalue weighted by molar-refractivity contribution is 0.284. The lowest BCUT2D eigenvalue weighted by Gasteiger charge is -2.18. The monoisotopic (exact) mass is 271 g/mol. The highest BCUT2D eigenvalue weighted by molar-refractivity contribution is 9.10. The Morgan fingerprint density at radius 2 is 2.40 bits per heavy atom. The van der Waals surface area contributed by atoms with Gasteiger partial charge in [0.2, 0.25) is 0 Å². The molecule has 2 heterocycles. The maximum atomic E-state index is 4.35. The summed E-state index contributed by atoms with van der Waals surface area (Å²) in [7, 11) is 0. The number of nitrogens with zero attached hydrogens (tertiary/aromatic N) is 3. The Hall–Kier alpha value is -0.350. The molecule has 1 fully saturated rings. The second-order valence-corrected chi connectivity index (χ2v) is 5.65. The Labute approximate surface area is 99.6 Å². The average molecular weight is 272 g/mol. The third-order valence-corrected chi connectivity index (χ3v) is 3.22. The van der Waals surface area contributed by atoms with E-state index in [1.165, 1.54) is 19.5 Å². The predicted molar refractivity (Wildman–Crippen MR) is 64.9 cm³/mol. The molecule has 0 saturated carbocycles. The van der Waals surface area contributed by atoms with Crippen molar-refractivity contribution in [1.29, 1.82) is 0 Å². The zero-order valence-corrected chi connectivity index (χ0v) is 10.9. The molecule has 0 amide bonds. The fourth-order valence-electron chi connectivity index (χ4n) is 2.22. The maximum Gasteiger partial charge on any atom is 0.0658 e. The molecule has 1 unspecified atom stereocenters. The zero-order chi connectivity index (χ0) is 10.8. The molecule has 0 N–H and O–H groups in total. The lowest BCUT2D eigenvalue weighted by Crippen LogP contribution is -2.25. The van der Waals surface area contributed by atoms with Gasteiger partial charge < -0.3 is 4.90 Å². The average Bonchev–Trinajstić information content (AvgIpc) is 2.72. The SMILES string of the molecule is CC(C)CN1CCC(n2cc(Br)cn2)C1. The molecule has 0 radical (unpaired) electrons. The molecule has 4 heteroatoms. The first-order valence-corrected chi connectivity index (χ1v) is 6.36. The van der Waals surface area contributed by atoms with Crippen LogP contribution in [-0.4, -0.2) is 34.3 Å². The van der Waals surface area contributed by atoms with E-state index in [2.05, 4.69) is 50.7 Å².